The molecule has 0 radical (unpaired) electrons. The van der Waals surface area contributed by atoms with Crippen molar-refractivity contribution in [2.75, 3.05) is 5.32 Å². The Morgan fingerprint density at radius 1 is 1.13 bits per heavy atom. The molecule has 0 aliphatic carbocycles. The molecule has 1 heterocycles. The molecule has 0 unspecified atom stereocenters. The highest BCUT2D eigenvalue weighted by molar-refractivity contribution is 5.91. The third-order valence-corrected chi connectivity index (χ3v) is 4.09. The van der Waals surface area contributed by atoms with Crippen LogP contribution in [0, 0.1) is 27.2 Å². The zero-order chi connectivity index (χ0) is 21.7. The van der Waals surface area contributed by atoms with Crippen molar-refractivity contribution in [2.24, 2.45) is 0 Å². The Labute approximate surface area is 170 Å². The maximum absolute atomic E-state index is 12.2. The van der Waals surface area contributed by atoms with E-state index in [1.54, 1.807) is 12.1 Å². The van der Waals surface area contributed by atoms with Gasteiger partial charge in [-0.1, -0.05) is 18.2 Å². The zero-order valence-electron chi connectivity index (χ0n) is 15.8. The number of nitro groups is 2. The number of hydrogen-bond acceptors (Lipinski definition) is 7. The second-order valence-corrected chi connectivity index (χ2v) is 6.33. The molecule has 0 fully saturated rings. The molecule has 0 saturated heterocycles. The van der Waals surface area contributed by atoms with Crippen LogP contribution in [-0.2, 0) is 11.3 Å². The molecule has 1 aromatic heterocycles. The van der Waals surface area contributed by atoms with E-state index in [1.807, 2.05) is 19.1 Å². The first kappa shape index (κ1) is 20.5. The number of nitro benzene ring substituents is 1. The second kappa shape index (κ2) is 8.82. The van der Waals surface area contributed by atoms with Crippen molar-refractivity contribution in [3.63, 3.8) is 0 Å². The van der Waals surface area contributed by atoms with Gasteiger partial charge in [0.05, 0.1) is 40.6 Å². The average Bonchev–Trinajstić information content (AvgIpc) is 3.17. The number of nitrogens with one attached hydrogen (secondary N) is 1. The molecule has 154 valence electrons. The van der Waals surface area contributed by atoms with Crippen LogP contribution in [0.25, 0.3) is 0 Å². The van der Waals surface area contributed by atoms with E-state index in [-0.39, 0.29) is 35.9 Å². The first-order valence-electron chi connectivity index (χ1n) is 8.82. The summed E-state index contributed by atoms with van der Waals surface area (Å²) < 4.78 is 7.02. The van der Waals surface area contributed by atoms with Gasteiger partial charge < -0.3 is 20.2 Å². The Morgan fingerprint density at radius 2 is 1.90 bits per heavy atom. The maximum Gasteiger partial charge on any atom is 0.389 e. The van der Waals surface area contributed by atoms with E-state index >= 15 is 0 Å². The van der Waals surface area contributed by atoms with Crippen LogP contribution in [0.5, 0.6) is 11.5 Å². The van der Waals surface area contributed by atoms with Gasteiger partial charge in [-0.05, 0) is 23.5 Å². The van der Waals surface area contributed by atoms with Gasteiger partial charge in [0.15, 0.2) is 0 Å². The lowest BCUT2D eigenvalue weighted by Crippen LogP contribution is -2.15. The first-order valence-corrected chi connectivity index (χ1v) is 8.82. The second-order valence-electron chi connectivity index (χ2n) is 6.33. The summed E-state index contributed by atoms with van der Waals surface area (Å²) >= 11 is 0. The third-order valence-electron chi connectivity index (χ3n) is 4.09. The summed E-state index contributed by atoms with van der Waals surface area (Å²) in [4.78, 5) is 32.9. The highest BCUT2D eigenvalue weighted by Crippen LogP contribution is 2.31. The summed E-state index contributed by atoms with van der Waals surface area (Å²) in [5.41, 5.74) is 0.811. The van der Waals surface area contributed by atoms with Crippen LogP contribution in [0.4, 0.5) is 17.2 Å². The minimum atomic E-state index is -0.629. The van der Waals surface area contributed by atoms with Crippen LogP contribution in [0.15, 0.2) is 54.7 Å². The topological polar surface area (TPSA) is 142 Å². The van der Waals surface area contributed by atoms with Crippen molar-refractivity contribution in [1.82, 2.24) is 9.78 Å². The molecule has 0 spiro atoms. The van der Waals surface area contributed by atoms with Gasteiger partial charge in [-0.15, -0.1) is 0 Å². The van der Waals surface area contributed by atoms with E-state index in [4.69, 9.17) is 4.74 Å². The highest BCUT2D eigenvalue weighted by atomic mass is 16.6. The Kier molecular flexibility index (Phi) is 6.01. The molecule has 11 heteroatoms. The molecule has 1 N–H and O–H groups in total. The normalized spacial score (nSPS) is 10.4. The van der Waals surface area contributed by atoms with E-state index in [0.29, 0.717) is 5.75 Å². The van der Waals surface area contributed by atoms with Gasteiger partial charge >= 0.3 is 5.82 Å². The van der Waals surface area contributed by atoms with Crippen LogP contribution in [-0.4, -0.2) is 25.5 Å². The van der Waals surface area contributed by atoms with E-state index < -0.39 is 15.8 Å². The van der Waals surface area contributed by atoms with Gasteiger partial charge in [0, 0.05) is 18.6 Å². The number of benzene rings is 2. The van der Waals surface area contributed by atoms with Gasteiger partial charge in [-0.25, -0.2) is 0 Å². The van der Waals surface area contributed by atoms with Crippen molar-refractivity contribution in [1.29, 1.82) is 0 Å². The number of amides is 1. The average molecular weight is 411 g/mol. The van der Waals surface area contributed by atoms with E-state index in [2.05, 4.69) is 10.4 Å². The van der Waals surface area contributed by atoms with E-state index in [1.165, 1.54) is 35.1 Å². The fraction of sp³-hybridized carbons (Fsp3) is 0.158. The van der Waals surface area contributed by atoms with Gasteiger partial charge in [-0.3, -0.25) is 14.9 Å². The molecular formula is C19H17N5O6. The minimum Gasteiger partial charge on any atom is -0.457 e. The van der Waals surface area contributed by atoms with Crippen molar-refractivity contribution >= 4 is 23.1 Å². The predicted molar refractivity (Wildman–Crippen MR) is 106 cm³/mol. The summed E-state index contributed by atoms with van der Waals surface area (Å²) in [7, 11) is 0. The Hall–Kier alpha value is -4.28. The van der Waals surface area contributed by atoms with Crippen molar-refractivity contribution in [3.05, 3.63) is 80.5 Å². The fourth-order valence-electron chi connectivity index (χ4n) is 2.63. The Morgan fingerprint density at radius 3 is 2.57 bits per heavy atom. The summed E-state index contributed by atoms with van der Waals surface area (Å²) in [6, 6.07) is 12.4. The highest BCUT2D eigenvalue weighted by Gasteiger charge is 2.15. The molecule has 2 aromatic carbocycles. The van der Waals surface area contributed by atoms with Gasteiger partial charge in [-0.2, -0.15) is 4.68 Å². The number of rotatable bonds is 8. The van der Waals surface area contributed by atoms with Crippen LogP contribution in [0.2, 0.25) is 0 Å². The SMILES string of the molecule is Cc1ccccc1Oc1cc(NC(=O)CCn2ccc([N+](=O)[O-])n2)cc([N+](=O)[O-])c1. The summed E-state index contributed by atoms with van der Waals surface area (Å²) in [6.45, 7) is 1.95. The van der Waals surface area contributed by atoms with Gasteiger partial charge in [0.1, 0.15) is 11.5 Å². The van der Waals surface area contributed by atoms with E-state index in [9.17, 15) is 25.0 Å². The molecule has 0 saturated carbocycles. The molecule has 0 atom stereocenters. The number of ether oxygens (including phenoxy) is 1. The number of non-ortho nitro benzene ring substituents is 1. The third kappa shape index (κ3) is 5.16. The molecule has 0 aliphatic rings. The van der Waals surface area contributed by atoms with Crippen LogP contribution in [0.3, 0.4) is 0 Å². The largest absolute Gasteiger partial charge is 0.457 e. The molecule has 0 bridgehead atoms. The lowest BCUT2D eigenvalue weighted by atomic mass is 10.2. The quantitative estimate of drug-likeness (QED) is 0.438. The number of carbonyl (C=O) groups is 1. The maximum atomic E-state index is 12.2. The molecule has 3 aromatic rings. The lowest BCUT2D eigenvalue weighted by molar-refractivity contribution is -0.389. The molecule has 3 rings (SSSR count). The molecule has 11 nitrogen and oxygen atoms in total. The van der Waals surface area contributed by atoms with Crippen LogP contribution >= 0.6 is 0 Å². The van der Waals surface area contributed by atoms with Gasteiger partial charge in [0.2, 0.25) is 5.91 Å². The Bertz CT molecular complexity index is 1110. The molecule has 1 amide bonds. The molecule has 30 heavy (non-hydrogen) atoms. The minimum absolute atomic E-state index is 0.0322. The molecule has 0 aliphatic heterocycles. The fourth-order valence-corrected chi connectivity index (χ4v) is 2.63. The van der Waals surface area contributed by atoms with Crippen molar-refractivity contribution < 1.29 is 19.4 Å². The number of para-hydroxylation sites is 1. The van der Waals surface area contributed by atoms with Crippen LogP contribution in [0.1, 0.15) is 12.0 Å². The van der Waals surface area contributed by atoms with Crippen molar-refractivity contribution in [3.8, 4) is 11.5 Å². The first-order chi connectivity index (χ1) is 14.3. The molecular weight excluding hydrogens is 394 g/mol. The van der Waals surface area contributed by atoms with Gasteiger partial charge in [0.25, 0.3) is 5.69 Å². The van der Waals surface area contributed by atoms with Crippen LogP contribution < -0.4 is 10.1 Å². The van der Waals surface area contributed by atoms with E-state index in [0.717, 1.165) is 5.56 Å². The zero-order valence-corrected chi connectivity index (χ0v) is 15.8. The predicted octanol–water partition coefficient (Wildman–Crippen LogP) is 3.83. The summed E-state index contributed by atoms with van der Waals surface area (Å²) in [5.74, 6) is -0.00497. The number of nitrogens with zero attached hydrogens (tertiary/aromatic N) is 4. The monoisotopic (exact) mass is 411 g/mol. The standard InChI is InChI=1S/C19H17N5O6/c1-13-4-2-3-5-17(13)30-16-11-14(10-15(12-16)23(26)27)20-19(25)7-9-22-8-6-18(21-22)24(28)29/h2-6,8,10-12H,7,9H2,1H3,(H,20,25). The lowest BCUT2D eigenvalue weighted by Gasteiger charge is -2.11. The Balaban J connectivity index is 1.71. The number of hydrogen-bond donors (Lipinski definition) is 1. The number of aryl methyl sites for hydroxylation is 2. The number of anilines is 1. The summed E-state index contributed by atoms with van der Waals surface area (Å²) in [5, 5.41) is 28.2. The summed E-state index contributed by atoms with van der Waals surface area (Å²) in [6.07, 6.45) is 1.36. The number of aromatic nitrogens is 2. The number of carbonyl (C=O) groups excluding carboxylic acids is 1. The van der Waals surface area contributed by atoms with Crippen molar-refractivity contribution in [2.45, 2.75) is 19.9 Å². The smallest absolute Gasteiger partial charge is 0.389 e.